The number of nitrogens with zero attached hydrogens (tertiary/aromatic N) is 4. The zero-order chi connectivity index (χ0) is 17.6. The third-order valence-corrected chi connectivity index (χ3v) is 5.48. The summed E-state index contributed by atoms with van der Waals surface area (Å²) in [5, 5.41) is 0. The molecule has 0 radical (unpaired) electrons. The van der Waals surface area contributed by atoms with Gasteiger partial charge in [-0.1, -0.05) is 25.3 Å². The first-order valence-corrected chi connectivity index (χ1v) is 9.48. The summed E-state index contributed by atoms with van der Waals surface area (Å²) >= 11 is 0. The molecule has 0 unspecified atom stereocenters. The Morgan fingerprint density at radius 2 is 1.92 bits per heavy atom. The van der Waals surface area contributed by atoms with Gasteiger partial charge < -0.3 is 9.80 Å². The monoisotopic (exact) mass is 348 g/mol. The molecule has 2 aliphatic rings. The zero-order valence-electron chi connectivity index (χ0n) is 15.2. The summed E-state index contributed by atoms with van der Waals surface area (Å²) < 4.78 is 13.3. The van der Waals surface area contributed by atoms with Gasteiger partial charge in [-0.05, 0) is 25.0 Å². The van der Waals surface area contributed by atoms with Crippen LogP contribution in [0.3, 0.4) is 0 Å². The number of carbonyl (C=O) groups excluding carboxylic acids is 1. The summed E-state index contributed by atoms with van der Waals surface area (Å²) in [7, 11) is 1.93. The van der Waals surface area contributed by atoms with E-state index in [4.69, 9.17) is 0 Å². The molecule has 6 heteroatoms. The lowest BCUT2D eigenvalue weighted by Gasteiger charge is -2.36. The van der Waals surface area contributed by atoms with Gasteiger partial charge in [-0.3, -0.25) is 9.69 Å². The Hall–Kier alpha value is -1.69. The van der Waals surface area contributed by atoms with Crippen LogP contribution in [0.5, 0.6) is 0 Å². The third kappa shape index (κ3) is 4.91. The molecule has 2 fully saturated rings. The molecule has 0 N–H and O–H groups in total. The quantitative estimate of drug-likeness (QED) is 0.766. The molecule has 2 heterocycles. The molecular formula is C19H29FN4O. The zero-order valence-corrected chi connectivity index (χ0v) is 15.2. The van der Waals surface area contributed by atoms with Crippen LogP contribution in [0, 0.1) is 11.9 Å². The topological polar surface area (TPSA) is 39.7 Å². The second-order valence-corrected chi connectivity index (χ2v) is 7.24. The Morgan fingerprint density at radius 1 is 1.20 bits per heavy atom. The van der Waals surface area contributed by atoms with Gasteiger partial charge in [-0.2, -0.15) is 4.39 Å². The normalized spacial score (nSPS) is 19.8. The Bertz CT molecular complexity index is 568. The first-order valence-electron chi connectivity index (χ1n) is 9.48. The number of hydrogen-bond acceptors (Lipinski definition) is 4. The van der Waals surface area contributed by atoms with E-state index >= 15 is 0 Å². The highest BCUT2D eigenvalue weighted by Gasteiger charge is 2.25. The van der Waals surface area contributed by atoms with Crippen LogP contribution in [0.4, 0.5) is 10.2 Å². The maximum Gasteiger partial charge on any atom is 0.225 e. The summed E-state index contributed by atoms with van der Waals surface area (Å²) in [6.07, 6.45) is 5.78. The molecule has 1 aliphatic heterocycles. The first kappa shape index (κ1) is 18.1. The fourth-order valence-electron chi connectivity index (χ4n) is 3.84. The van der Waals surface area contributed by atoms with Crippen LogP contribution < -0.4 is 4.90 Å². The van der Waals surface area contributed by atoms with Crippen LogP contribution in [0.1, 0.15) is 32.1 Å². The summed E-state index contributed by atoms with van der Waals surface area (Å²) in [5.74, 6) is 0.851. The standard InChI is InChI=1S/C19H29FN4O/c1-22(19(25)16-6-3-2-4-7-16)10-11-23-12-14-24(15-13-23)18-9-5-8-17(20)21-18/h5,8-9,16H,2-4,6-7,10-15H2,1H3. The van der Waals surface area contributed by atoms with E-state index in [2.05, 4.69) is 14.8 Å². The van der Waals surface area contributed by atoms with E-state index in [1.54, 1.807) is 6.07 Å². The van der Waals surface area contributed by atoms with Crippen LogP contribution in [0.25, 0.3) is 0 Å². The van der Waals surface area contributed by atoms with Gasteiger partial charge in [0.15, 0.2) is 0 Å². The van der Waals surface area contributed by atoms with Crippen LogP contribution in [0.2, 0.25) is 0 Å². The number of amides is 1. The molecule has 1 amide bonds. The van der Waals surface area contributed by atoms with Crippen molar-refractivity contribution in [2.45, 2.75) is 32.1 Å². The van der Waals surface area contributed by atoms with E-state index in [-0.39, 0.29) is 5.92 Å². The molecule has 1 aliphatic carbocycles. The fraction of sp³-hybridized carbons (Fsp3) is 0.684. The van der Waals surface area contributed by atoms with Crippen molar-refractivity contribution >= 4 is 11.7 Å². The summed E-state index contributed by atoms with van der Waals surface area (Å²) in [4.78, 5) is 22.9. The molecule has 0 aromatic carbocycles. The average molecular weight is 348 g/mol. The molecule has 1 aromatic rings. The molecule has 1 saturated heterocycles. The summed E-state index contributed by atoms with van der Waals surface area (Å²) in [5.41, 5.74) is 0. The van der Waals surface area contributed by atoms with Gasteiger partial charge in [0.25, 0.3) is 0 Å². The Balaban J connectivity index is 1.40. The molecule has 5 nitrogen and oxygen atoms in total. The van der Waals surface area contributed by atoms with Gasteiger partial charge in [0.05, 0.1) is 0 Å². The number of likely N-dealkylation sites (N-methyl/N-ethyl adjacent to an activating group) is 1. The van der Waals surface area contributed by atoms with Crippen molar-refractivity contribution in [3.05, 3.63) is 24.1 Å². The van der Waals surface area contributed by atoms with E-state index in [9.17, 15) is 9.18 Å². The lowest BCUT2D eigenvalue weighted by atomic mass is 9.88. The summed E-state index contributed by atoms with van der Waals surface area (Å²) in [6, 6.07) is 4.93. The van der Waals surface area contributed by atoms with Gasteiger partial charge in [0.1, 0.15) is 5.82 Å². The van der Waals surface area contributed by atoms with Crippen LogP contribution >= 0.6 is 0 Å². The Kier molecular flexibility index (Phi) is 6.24. The predicted octanol–water partition coefficient (Wildman–Crippen LogP) is 2.38. The van der Waals surface area contributed by atoms with Crippen molar-refractivity contribution in [1.29, 1.82) is 0 Å². The van der Waals surface area contributed by atoms with Gasteiger partial charge in [-0.15, -0.1) is 0 Å². The SMILES string of the molecule is CN(CCN1CCN(c2cccc(F)n2)CC1)C(=O)C1CCCCC1. The van der Waals surface area contributed by atoms with Gasteiger partial charge >= 0.3 is 0 Å². The summed E-state index contributed by atoms with van der Waals surface area (Å²) in [6.45, 7) is 5.22. The highest BCUT2D eigenvalue weighted by atomic mass is 19.1. The van der Waals surface area contributed by atoms with Gasteiger partial charge in [0, 0.05) is 52.2 Å². The highest BCUT2D eigenvalue weighted by Crippen LogP contribution is 2.25. The fourth-order valence-corrected chi connectivity index (χ4v) is 3.84. The number of pyridine rings is 1. The maximum absolute atomic E-state index is 13.3. The van der Waals surface area contributed by atoms with Crippen LogP contribution in [-0.2, 0) is 4.79 Å². The van der Waals surface area contributed by atoms with Crippen molar-refractivity contribution in [3.8, 4) is 0 Å². The molecule has 1 saturated carbocycles. The van der Waals surface area contributed by atoms with Crippen molar-refractivity contribution in [1.82, 2.24) is 14.8 Å². The van der Waals surface area contributed by atoms with Crippen molar-refractivity contribution in [3.63, 3.8) is 0 Å². The number of piperazine rings is 1. The second kappa shape index (κ2) is 8.61. The molecule has 0 atom stereocenters. The molecular weight excluding hydrogens is 319 g/mol. The lowest BCUT2D eigenvalue weighted by molar-refractivity contribution is -0.135. The molecule has 25 heavy (non-hydrogen) atoms. The van der Waals surface area contributed by atoms with Crippen molar-refractivity contribution in [2.24, 2.45) is 5.92 Å². The minimum Gasteiger partial charge on any atom is -0.354 e. The number of halogens is 1. The van der Waals surface area contributed by atoms with E-state index in [0.717, 1.165) is 52.1 Å². The molecule has 0 spiro atoms. The third-order valence-electron chi connectivity index (χ3n) is 5.48. The van der Waals surface area contributed by atoms with Gasteiger partial charge in [-0.25, -0.2) is 4.98 Å². The largest absolute Gasteiger partial charge is 0.354 e. The Morgan fingerprint density at radius 3 is 2.60 bits per heavy atom. The minimum atomic E-state index is -0.428. The van der Waals surface area contributed by atoms with Crippen LogP contribution in [-0.4, -0.2) is 67.0 Å². The first-order chi connectivity index (χ1) is 12.1. The predicted molar refractivity (Wildman–Crippen MR) is 97.1 cm³/mol. The number of hydrogen-bond donors (Lipinski definition) is 0. The van der Waals surface area contributed by atoms with Crippen LogP contribution in [0.15, 0.2) is 18.2 Å². The van der Waals surface area contributed by atoms with E-state index < -0.39 is 5.95 Å². The van der Waals surface area contributed by atoms with Crippen molar-refractivity contribution < 1.29 is 9.18 Å². The lowest BCUT2D eigenvalue weighted by Crippen LogP contribution is -2.49. The maximum atomic E-state index is 13.3. The smallest absolute Gasteiger partial charge is 0.225 e. The van der Waals surface area contributed by atoms with E-state index in [1.807, 2.05) is 18.0 Å². The number of rotatable bonds is 5. The number of anilines is 1. The van der Waals surface area contributed by atoms with Crippen molar-refractivity contribution in [2.75, 3.05) is 51.2 Å². The van der Waals surface area contributed by atoms with E-state index in [1.165, 1.54) is 25.3 Å². The molecule has 1 aromatic heterocycles. The average Bonchev–Trinajstić information content (AvgIpc) is 2.66. The second-order valence-electron chi connectivity index (χ2n) is 7.24. The highest BCUT2D eigenvalue weighted by molar-refractivity contribution is 5.78. The van der Waals surface area contributed by atoms with Gasteiger partial charge in [0.2, 0.25) is 11.9 Å². The molecule has 138 valence electrons. The number of carbonyl (C=O) groups is 1. The van der Waals surface area contributed by atoms with E-state index in [0.29, 0.717) is 11.7 Å². The molecule has 0 bridgehead atoms. The minimum absolute atomic E-state index is 0.245. The number of aromatic nitrogens is 1. The Labute approximate surface area is 149 Å². The molecule has 3 rings (SSSR count).